The van der Waals surface area contributed by atoms with E-state index in [9.17, 15) is 19.0 Å². The Hall–Kier alpha value is -6.19. The summed E-state index contributed by atoms with van der Waals surface area (Å²) in [4.78, 5) is 35.4. The molecule has 528 valence electrons. The molecule has 0 aliphatic heterocycles. The zero-order valence-corrected chi connectivity index (χ0v) is 60.2. The van der Waals surface area contributed by atoms with Crippen LogP contribution in [0.4, 0.5) is 0 Å². The number of rotatable bonds is 65. The van der Waals surface area contributed by atoms with Crippen LogP contribution in [0.25, 0.3) is 0 Å². The quantitative estimate of drug-likeness (QED) is 0.0264. The van der Waals surface area contributed by atoms with Gasteiger partial charge in [0, 0.05) is 19.4 Å². The molecule has 2 atom stereocenters. The molecule has 0 aromatic rings. The molecule has 3 N–H and O–H groups in total. The van der Waals surface area contributed by atoms with Crippen LogP contribution in [0.3, 0.4) is 0 Å². The summed E-state index contributed by atoms with van der Waals surface area (Å²) in [5, 5.41) is 0. The number of phosphoric acid groups is 1. The number of hydrogen-bond acceptors (Lipinski definition) is 8. The average Bonchev–Trinajstić information content (AvgIpc) is 3.16. The van der Waals surface area contributed by atoms with E-state index in [1.54, 1.807) is 0 Å². The summed E-state index contributed by atoms with van der Waals surface area (Å²) in [5.41, 5.74) is 5.40. The zero-order valence-electron chi connectivity index (χ0n) is 59.3. The molecule has 0 saturated heterocycles. The fourth-order valence-corrected chi connectivity index (χ4v) is 9.69. The van der Waals surface area contributed by atoms with E-state index in [1.807, 2.05) is 0 Å². The molecule has 0 bridgehead atoms. The van der Waals surface area contributed by atoms with E-state index >= 15 is 0 Å². The second kappa shape index (κ2) is 76.8. The van der Waals surface area contributed by atoms with Crippen molar-refractivity contribution in [3.05, 3.63) is 243 Å². The van der Waals surface area contributed by atoms with Gasteiger partial charge in [-0.3, -0.25) is 18.6 Å². The summed E-state index contributed by atoms with van der Waals surface area (Å²) in [6.07, 6.45) is 122. The third-order valence-electron chi connectivity index (χ3n) is 14.2. The fourth-order valence-electron chi connectivity index (χ4n) is 8.93. The first-order valence-corrected chi connectivity index (χ1v) is 38.0. The summed E-state index contributed by atoms with van der Waals surface area (Å²) >= 11 is 0. The van der Waals surface area contributed by atoms with Gasteiger partial charge in [0.15, 0.2) is 6.10 Å². The summed E-state index contributed by atoms with van der Waals surface area (Å²) in [7, 11) is -4.42. The molecule has 0 spiro atoms. The molecule has 0 aliphatic rings. The number of carbonyl (C=O) groups excluding carboxylic acids is 2. The summed E-state index contributed by atoms with van der Waals surface area (Å²) in [6.45, 7) is 3.45. The second-order valence-corrected chi connectivity index (χ2v) is 24.4. The molecule has 0 radical (unpaired) electrons. The first kappa shape index (κ1) is 88.8. The topological polar surface area (TPSA) is 134 Å². The van der Waals surface area contributed by atoms with Crippen molar-refractivity contribution < 1.29 is 37.6 Å². The lowest BCUT2D eigenvalue weighted by molar-refractivity contribution is -0.161. The highest BCUT2D eigenvalue weighted by molar-refractivity contribution is 7.47. The number of esters is 2. The standard InChI is InChI=1S/C85H130NO8P/c1-3-5-7-9-11-13-15-17-19-21-23-25-27-29-31-33-35-37-39-40-41-42-44-46-48-50-52-54-56-58-60-62-64-66-68-70-72-74-76-78-85(88)94-83(82-93-95(89,90)92-80-79-86)81-91-84(87)77-75-73-71-69-67-65-63-61-59-57-55-53-51-49-47-45-43-38-36-34-32-30-28-26-24-22-20-18-16-14-12-10-8-6-4-2/h5-8,11-14,17-20,23-26,29-32,35-38,40-41,44-47,50-53,56-59,62,64,83H,3-4,9-10,15-16,21-22,27-28,33-34,39,42-43,48-49,54-55,60-61,63,65-82,86H2,1-2H3,(H,89,90)/b7-5-,8-6-,13-11-,14-12-,19-17-,20-18-,25-23-,26-24-,31-29-,32-30-,37-35-,38-36-,41-40-,46-44-,47-45-,52-50-,53-51-,58-56-,59-57-,64-62-. The van der Waals surface area contributed by atoms with Gasteiger partial charge >= 0.3 is 19.8 Å². The van der Waals surface area contributed by atoms with Crippen molar-refractivity contribution in [2.24, 2.45) is 5.73 Å². The number of ether oxygens (including phenoxy) is 2. The van der Waals surface area contributed by atoms with E-state index in [0.717, 1.165) is 186 Å². The van der Waals surface area contributed by atoms with Gasteiger partial charge in [0.1, 0.15) is 6.61 Å². The largest absolute Gasteiger partial charge is 0.472 e. The molecular formula is C85H130NO8P. The zero-order chi connectivity index (χ0) is 68.6. The van der Waals surface area contributed by atoms with Gasteiger partial charge in [-0.25, -0.2) is 4.57 Å². The molecule has 2 unspecified atom stereocenters. The van der Waals surface area contributed by atoms with Crippen LogP contribution in [0.15, 0.2) is 243 Å². The SMILES string of the molecule is CC/C=C\C/C=C\C/C=C\C/C=C\C/C=C\C/C=C\C/C=C\C/C=C\C/C=C\C/C=C\C/C=C\CCCCCCCC(=O)OC(COC(=O)CCCCCCCCC/C=C\C/C=C\C/C=C\C/C=C\C/C=C\C/C=C\C/C=C\C/C=C\C/C=C\CC)COP(=O)(O)OCCN. The third-order valence-corrected chi connectivity index (χ3v) is 15.2. The lowest BCUT2D eigenvalue weighted by atomic mass is 10.1. The van der Waals surface area contributed by atoms with Gasteiger partial charge in [-0.05, 0) is 167 Å². The molecule has 0 amide bonds. The Bertz CT molecular complexity index is 2460. The Labute approximate surface area is 580 Å². The Balaban J connectivity index is 4.07. The van der Waals surface area contributed by atoms with Gasteiger partial charge in [0.25, 0.3) is 0 Å². The van der Waals surface area contributed by atoms with E-state index in [0.29, 0.717) is 12.8 Å². The van der Waals surface area contributed by atoms with Gasteiger partial charge in [0.05, 0.1) is 13.2 Å². The molecule has 0 fully saturated rings. The summed E-state index contributed by atoms with van der Waals surface area (Å²) < 4.78 is 33.2. The normalized spacial score (nSPS) is 14.4. The van der Waals surface area contributed by atoms with E-state index in [-0.39, 0.29) is 32.6 Å². The summed E-state index contributed by atoms with van der Waals surface area (Å²) in [6, 6.07) is 0. The number of allylic oxidation sites excluding steroid dienone is 40. The molecular weight excluding hydrogens is 1190 g/mol. The maximum Gasteiger partial charge on any atom is 0.472 e. The van der Waals surface area contributed by atoms with Crippen LogP contribution >= 0.6 is 7.82 Å². The molecule has 10 heteroatoms. The van der Waals surface area contributed by atoms with Crippen LogP contribution in [0, 0.1) is 0 Å². The Morgan fingerprint density at radius 2 is 0.547 bits per heavy atom. The minimum atomic E-state index is -4.42. The fraction of sp³-hybridized carbons (Fsp3) is 0.506. The van der Waals surface area contributed by atoms with Crippen molar-refractivity contribution in [3.8, 4) is 0 Å². The molecule has 9 nitrogen and oxygen atoms in total. The van der Waals surface area contributed by atoms with Gasteiger partial charge in [-0.2, -0.15) is 0 Å². The first-order valence-electron chi connectivity index (χ1n) is 36.5. The van der Waals surface area contributed by atoms with E-state index in [1.165, 1.54) is 19.3 Å². The van der Waals surface area contributed by atoms with Gasteiger partial charge < -0.3 is 20.1 Å². The van der Waals surface area contributed by atoms with Crippen LogP contribution < -0.4 is 5.73 Å². The van der Waals surface area contributed by atoms with Crippen LogP contribution in [0.2, 0.25) is 0 Å². The predicted octanol–water partition coefficient (Wildman–Crippen LogP) is 24.7. The minimum absolute atomic E-state index is 0.0348. The minimum Gasteiger partial charge on any atom is -0.462 e. The number of phosphoric ester groups is 1. The average molecular weight is 1320 g/mol. The molecule has 0 rings (SSSR count). The van der Waals surface area contributed by atoms with Crippen LogP contribution in [0.5, 0.6) is 0 Å². The van der Waals surface area contributed by atoms with Crippen LogP contribution in [-0.4, -0.2) is 49.3 Å². The predicted molar refractivity (Wildman–Crippen MR) is 412 cm³/mol. The van der Waals surface area contributed by atoms with Crippen LogP contribution in [-0.2, 0) is 32.7 Å². The molecule has 0 aromatic carbocycles. The molecule has 0 aliphatic carbocycles. The molecule has 0 heterocycles. The Kier molecular flexibility index (Phi) is 71.8. The van der Waals surface area contributed by atoms with E-state index in [2.05, 4.69) is 257 Å². The number of nitrogens with two attached hydrogens (primary N) is 1. The third kappa shape index (κ3) is 76.7. The lowest BCUT2D eigenvalue weighted by Crippen LogP contribution is -2.29. The van der Waals surface area contributed by atoms with Gasteiger partial charge in [-0.1, -0.05) is 308 Å². The van der Waals surface area contributed by atoms with Crippen molar-refractivity contribution in [1.82, 2.24) is 0 Å². The highest BCUT2D eigenvalue weighted by Crippen LogP contribution is 2.43. The van der Waals surface area contributed by atoms with Gasteiger partial charge in [0.2, 0.25) is 0 Å². The maximum atomic E-state index is 12.8. The van der Waals surface area contributed by atoms with Crippen LogP contribution in [0.1, 0.15) is 245 Å². The van der Waals surface area contributed by atoms with E-state index < -0.39 is 32.5 Å². The van der Waals surface area contributed by atoms with Crippen molar-refractivity contribution in [2.75, 3.05) is 26.4 Å². The smallest absolute Gasteiger partial charge is 0.462 e. The Morgan fingerprint density at radius 3 is 0.811 bits per heavy atom. The van der Waals surface area contributed by atoms with E-state index in [4.69, 9.17) is 24.3 Å². The number of hydrogen-bond donors (Lipinski definition) is 2. The molecule has 95 heavy (non-hydrogen) atoms. The second-order valence-electron chi connectivity index (χ2n) is 23.0. The maximum absolute atomic E-state index is 12.8. The number of carbonyl (C=O) groups is 2. The molecule has 0 saturated carbocycles. The highest BCUT2D eigenvalue weighted by atomic mass is 31.2. The van der Waals surface area contributed by atoms with Crippen molar-refractivity contribution in [2.45, 2.75) is 251 Å². The monoisotopic (exact) mass is 1320 g/mol. The first-order chi connectivity index (χ1) is 46.8. The van der Waals surface area contributed by atoms with Crippen molar-refractivity contribution in [1.29, 1.82) is 0 Å². The summed E-state index contributed by atoms with van der Waals surface area (Å²) in [5.74, 6) is -0.882. The lowest BCUT2D eigenvalue weighted by Gasteiger charge is -2.19. The highest BCUT2D eigenvalue weighted by Gasteiger charge is 2.26. The van der Waals surface area contributed by atoms with Crippen molar-refractivity contribution in [3.63, 3.8) is 0 Å². The van der Waals surface area contributed by atoms with Crippen molar-refractivity contribution >= 4 is 19.8 Å². The number of unbranched alkanes of at least 4 members (excludes halogenated alkanes) is 12. The molecule has 0 aromatic heterocycles. The van der Waals surface area contributed by atoms with Gasteiger partial charge in [-0.15, -0.1) is 0 Å². The Morgan fingerprint density at radius 1 is 0.316 bits per heavy atom.